The largest absolute Gasteiger partial charge is 0.487 e. The fourth-order valence-electron chi connectivity index (χ4n) is 5.74. The van der Waals surface area contributed by atoms with E-state index in [9.17, 15) is 9.90 Å². The molecule has 2 atom stereocenters. The number of hydrogen-bond donors (Lipinski definition) is 2. The quantitative estimate of drug-likeness (QED) is 0.251. The van der Waals surface area contributed by atoms with Gasteiger partial charge in [-0.25, -0.2) is 4.98 Å². The molecule has 1 saturated carbocycles. The Bertz CT molecular complexity index is 1430. The molecule has 236 valence electrons. The van der Waals surface area contributed by atoms with E-state index >= 15 is 0 Å². The molecular weight excluding hydrogens is 625 g/mol. The van der Waals surface area contributed by atoms with Crippen molar-refractivity contribution in [2.24, 2.45) is 5.92 Å². The molecule has 3 N–H and O–H groups in total. The summed E-state index contributed by atoms with van der Waals surface area (Å²) in [5.74, 6) is 0.113. The number of ether oxygens (including phenoxy) is 3. The van der Waals surface area contributed by atoms with Gasteiger partial charge in [-0.1, -0.05) is 46.9 Å². The van der Waals surface area contributed by atoms with E-state index in [-0.39, 0.29) is 25.2 Å². The number of nitrogens with two attached hydrogens (primary N) is 1. The van der Waals surface area contributed by atoms with Crippen molar-refractivity contribution in [1.82, 2.24) is 9.88 Å². The summed E-state index contributed by atoms with van der Waals surface area (Å²) >= 11 is 19.1. The second kappa shape index (κ2) is 14.7. The summed E-state index contributed by atoms with van der Waals surface area (Å²) in [6.07, 6.45) is 4.70. The molecule has 44 heavy (non-hydrogen) atoms. The molecule has 1 saturated heterocycles. The predicted molar refractivity (Wildman–Crippen MR) is 171 cm³/mol. The van der Waals surface area contributed by atoms with Crippen LogP contribution in [0.4, 0.5) is 0 Å². The lowest BCUT2D eigenvalue weighted by molar-refractivity contribution is -0.674. The summed E-state index contributed by atoms with van der Waals surface area (Å²) in [5.41, 5.74) is 2.21. The average molecular weight is 664 g/mol. The maximum Gasteiger partial charge on any atom is 0.235 e. The van der Waals surface area contributed by atoms with Gasteiger partial charge in [-0.2, -0.15) is 0 Å². The molecule has 8 nitrogen and oxygen atoms in total. The lowest BCUT2D eigenvalue weighted by Gasteiger charge is -2.40. The zero-order chi connectivity index (χ0) is 31.3. The van der Waals surface area contributed by atoms with Crippen LogP contribution in [0.1, 0.15) is 41.5 Å². The third kappa shape index (κ3) is 7.79. The van der Waals surface area contributed by atoms with Crippen molar-refractivity contribution in [2.45, 2.75) is 50.8 Å². The number of aryl methyl sites for hydroxylation is 1. The first kappa shape index (κ1) is 32.8. The number of aliphatic hydroxyl groups is 1. The number of carbonyl (C=O) groups is 1. The minimum Gasteiger partial charge on any atom is -0.487 e. The molecule has 0 unspecified atom stereocenters. The molecule has 1 aromatic heterocycles. The number of aromatic nitrogens is 1. The summed E-state index contributed by atoms with van der Waals surface area (Å²) in [6, 6.07) is 13.2. The highest BCUT2D eigenvalue weighted by atomic mass is 35.5. The first-order valence-electron chi connectivity index (χ1n) is 15.0. The Hall–Kier alpha value is -2.59. The van der Waals surface area contributed by atoms with Crippen LogP contribution < -0.4 is 14.8 Å². The number of benzene rings is 2. The van der Waals surface area contributed by atoms with Gasteiger partial charge in [-0.15, -0.1) is 0 Å². The number of hydrogen-bond acceptors (Lipinski definition) is 6. The van der Waals surface area contributed by atoms with Gasteiger partial charge in [0, 0.05) is 49.0 Å². The normalized spacial score (nSPS) is 19.9. The third-order valence-corrected chi connectivity index (χ3v) is 9.21. The average Bonchev–Trinajstić information content (AvgIpc) is 3.85. The predicted octanol–water partition coefficient (Wildman–Crippen LogP) is 4.96. The van der Waals surface area contributed by atoms with Gasteiger partial charge in [-0.3, -0.25) is 4.79 Å². The lowest BCUT2D eigenvalue weighted by Crippen LogP contribution is -2.90. The van der Waals surface area contributed by atoms with Crippen LogP contribution in [-0.4, -0.2) is 67.0 Å². The molecule has 0 spiro atoms. The van der Waals surface area contributed by atoms with Crippen molar-refractivity contribution in [3.63, 3.8) is 0 Å². The van der Waals surface area contributed by atoms with E-state index < -0.39 is 11.5 Å². The fraction of sp³-hybridized carbons (Fsp3) is 0.455. The van der Waals surface area contributed by atoms with Crippen molar-refractivity contribution in [1.29, 1.82) is 0 Å². The van der Waals surface area contributed by atoms with Crippen LogP contribution in [0.5, 0.6) is 11.6 Å². The maximum atomic E-state index is 14.2. The first-order chi connectivity index (χ1) is 21.2. The lowest BCUT2D eigenvalue weighted by atomic mass is 9.76. The van der Waals surface area contributed by atoms with Gasteiger partial charge in [0.05, 0.1) is 29.7 Å². The van der Waals surface area contributed by atoms with Gasteiger partial charge in [-0.05, 0) is 67.1 Å². The van der Waals surface area contributed by atoms with Gasteiger partial charge >= 0.3 is 0 Å². The van der Waals surface area contributed by atoms with Gasteiger partial charge in [0.15, 0.2) is 5.75 Å². The molecule has 3 aromatic rings. The van der Waals surface area contributed by atoms with Crippen LogP contribution in [0.3, 0.4) is 0 Å². The Kier molecular flexibility index (Phi) is 10.9. The highest BCUT2D eigenvalue weighted by Crippen LogP contribution is 2.39. The Morgan fingerprint density at radius 1 is 1.05 bits per heavy atom. The number of halogens is 3. The van der Waals surface area contributed by atoms with Crippen LogP contribution in [-0.2, 0) is 28.1 Å². The van der Waals surface area contributed by atoms with Crippen LogP contribution >= 0.6 is 34.8 Å². The molecule has 2 heterocycles. The Morgan fingerprint density at radius 3 is 2.48 bits per heavy atom. The summed E-state index contributed by atoms with van der Waals surface area (Å²) < 4.78 is 16.7. The summed E-state index contributed by atoms with van der Waals surface area (Å²) in [4.78, 5) is 20.5. The third-order valence-electron chi connectivity index (χ3n) is 8.28. The maximum absolute atomic E-state index is 14.2. The Labute approximate surface area is 273 Å². The smallest absolute Gasteiger partial charge is 0.235 e. The van der Waals surface area contributed by atoms with Gasteiger partial charge in [0.1, 0.15) is 24.7 Å². The number of piperidine rings is 1. The molecule has 1 amide bonds. The number of pyridine rings is 1. The van der Waals surface area contributed by atoms with Crippen LogP contribution in [0, 0.1) is 12.8 Å². The van der Waals surface area contributed by atoms with Gasteiger partial charge in [0.2, 0.25) is 11.8 Å². The van der Waals surface area contributed by atoms with E-state index in [1.807, 2.05) is 24.0 Å². The molecule has 0 radical (unpaired) electrons. The molecular formula is C33H39Cl3N3O5+. The van der Waals surface area contributed by atoms with E-state index in [2.05, 4.69) is 16.4 Å². The monoisotopic (exact) mass is 662 g/mol. The van der Waals surface area contributed by atoms with Crippen molar-refractivity contribution >= 4 is 40.7 Å². The first-order valence-corrected chi connectivity index (χ1v) is 16.1. The highest BCUT2D eigenvalue weighted by Gasteiger charge is 2.50. The molecule has 5 rings (SSSR count). The molecule has 11 heteroatoms. The van der Waals surface area contributed by atoms with Crippen LogP contribution in [0.2, 0.25) is 15.1 Å². The van der Waals surface area contributed by atoms with Crippen molar-refractivity contribution < 1.29 is 29.4 Å². The van der Waals surface area contributed by atoms with Crippen LogP contribution in [0.25, 0.3) is 0 Å². The van der Waals surface area contributed by atoms with Crippen molar-refractivity contribution in [3.05, 3.63) is 86.0 Å². The SMILES string of the molecule is COCCc1ccc(Cl)c(CN(C(=O)[C@H]2C[NH2+]CC[C@]2(O)c2ccc(OCCOc3c(Cl)cc(C)cc3Cl)nc2)C2CC2)c1. The highest BCUT2D eigenvalue weighted by molar-refractivity contribution is 6.37. The second-order valence-electron chi connectivity index (χ2n) is 11.5. The fourth-order valence-corrected chi connectivity index (χ4v) is 6.63. The molecule has 2 aromatic carbocycles. The van der Waals surface area contributed by atoms with E-state index in [4.69, 9.17) is 49.0 Å². The van der Waals surface area contributed by atoms with Crippen molar-refractivity contribution in [2.75, 3.05) is 40.0 Å². The molecule has 0 bridgehead atoms. The zero-order valence-corrected chi connectivity index (χ0v) is 27.3. The number of nitrogens with zero attached hydrogens (tertiary/aromatic N) is 2. The number of methoxy groups -OCH3 is 1. The number of quaternary nitrogens is 1. The number of rotatable bonds is 13. The molecule has 1 aliphatic heterocycles. The van der Waals surface area contributed by atoms with E-state index in [1.54, 1.807) is 37.6 Å². The zero-order valence-electron chi connectivity index (χ0n) is 25.0. The van der Waals surface area contributed by atoms with E-state index in [0.29, 0.717) is 64.9 Å². The van der Waals surface area contributed by atoms with E-state index in [1.165, 1.54) is 0 Å². The Morgan fingerprint density at radius 2 is 1.80 bits per heavy atom. The molecule has 2 fully saturated rings. The standard InChI is InChI=1S/C33H38Cl3N3O5/c1-21-15-28(35)31(29(36)16-21)44-14-13-43-30-8-4-24(18-38-30)33(41)10-11-37-19-26(33)32(40)39(25-5-6-25)20-23-17-22(9-12-42-2)3-7-27(23)34/h3-4,7-8,15-18,25-26,37,41H,5-6,9-14,19-20H2,1-2H3/p+1/t26-,33+/m1/s1. The van der Waals surface area contributed by atoms with Crippen LogP contribution in [0.15, 0.2) is 48.7 Å². The minimum absolute atomic E-state index is 0.0600. The molecule has 1 aliphatic carbocycles. The minimum atomic E-state index is -1.35. The van der Waals surface area contributed by atoms with Gasteiger partial charge < -0.3 is 29.5 Å². The van der Waals surface area contributed by atoms with Crippen molar-refractivity contribution in [3.8, 4) is 11.6 Å². The second-order valence-corrected chi connectivity index (χ2v) is 12.8. The van der Waals surface area contributed by atoms with E-state index in [0.717, 1.165) is 36.0 Å². The van der Waals surface area contributed by atoms with Gasteiger partial charge in [0.25, 0.3) is 0 Å². The topological polar surface area (TPSA) is 97.7 Å². The summed E-state index contributed by atoms with van der Waals surface area (Å²) in [6.45, 7) is 4.56. The number of amides is 1. The number of carbonyl (C=O) groups excluding carboxylic acids is 1. The summed E-state index contributed by atoms with van der Waals surface area (Å²) in [5, 5.41) is 15.7. The Balaban J connectivity index is 1.25. The molecule has 2 aliphatic rings. The summed E-state index contributed by atoms with van der Waals surface area (Å²) in [7, 11) is 1.68.